The lowest BCUT2D eigenvalue weighted by Gasteiger charge is -2.36. The number of halogens is 3. The molecule has 1 aliphatic heterocycles. The predicted octanol–water partition coefficient (Wildman–Crippen LogP) is 2.92. The summed E-state index contributed by atoms with van der Waals surface area (Å²) in [5.74, 6) is 0.494. The Balaban J connectivity index is 0.00000363. The van der Waals surface area contributed by atoms with Gasteiger partial charge in [-0.2, -0.15) is 8.78 Å². The molecule has 0 radical (unpaired) electrons. The minimum absolute atomic E-state index is 0. The highest BCUT2D eigenvalue weighted by Gasteiger charge is 2.21. The lowest BCUT2D eigenvalue weighted by atomic mass is 10.2. The van der Waals surface area contributed by atoms with Gasteiger partial charge in [0.25, 0.3) is 0 Å². The average molecular weight is 559 g/mol. The van der Waals surface area contributed by atoms with Crippen molar-refractivity contribution < 1.29 is 18.3 Å². The van der Waals surface area contributed by atoms with E-state index in [1.807, 2.05) is 23.1 Å². The lowest BCUT2D eigenvalue weighted by molar-refractivity contribution is -0.130. The van der Waals surface area contributed by atoms with Crippen molar-refractivity contribution in [2.24, 2.45) is 4.99 Å². The molecule has 2 N–H and O–H groups in total. The van der Waals surface area contributed by atoms with Crippen LogP contribution >= 0.6 is 24.0 Å². The molecule has 3 rings (SSSR count). The topological polar surface area (TPSA) is 69.2 Å². The predicted molar refractivity (Wildman–Crippen MR) is 132 cm³/mol. The number of alkyl halides is 2. The first-order valence-corrected chi connectivity index (χ1v) is 10.1. The third-order valence-electron chi connectivity index (χ3n) is 5.02. The van der Waals surface area contributed by atoms with Crippen molar-refractivity contribution in [1.82, 2.24) is 15.5 Å². The van der Waals surface area contributed by atoms with Crippen molar-refractivity contribution in [2.45, 2.75) is 13.2 Å². The van der Waals surface area contributed by atoms with Crippen LogP contribution in [0.15, 0.2) is 59.6 Å². The molecule has 1 amide bonds. The number of nitrogens with one attached hydrogen (secondary N) is 2. The molecule has 10 heteroatoms. The highest BCUT2D eigenvalue weighted by molar-refractivity contribution is 14.0. The Bertz CT molecular complexity index is 878. The molecule has 7 nitrogen and oxygen atoms in total. The number of rotatable bonds is 7. The van der Waals surface area contributed by atoms with E-state index in [0.29, 0.717) is 24.6 Å². The molecule has 0 aliphatic carbocycles. The fraction of sp³-hybridized carbons (Fsp3) is 0.364. The summed E-state index contributed by atoms with van der Waals surface area (Å²) in [6.07, 6.45) is 0. The van der Waals surface area contributed by atoms with E-state index in [9.17, 15) is 13.6 Å². The summed E-state index contributed by atoms with van der Waals surface area (Å²) in [5.41, 5.74) is 1.72. The normalized spacial score (nSPS) is 14.1. The van der Waals surface area contributed by atoms with E-state index in [0.717, 1.165) is 18.8 Å². The van der Waals surface area contributed by atoms with Crippen molar-refractivity contribution in [1.29, 1.82) is 0 Å². The van der Waals surface area contributed by atoms with Crippen molar-refractivity contribution in [3.63, 3.8) is 0 Å². The molecule has 1 saturated heterocycles. The van der Waals surface area contributed by atoms with Gasteiger partial charge in [0, 0.05) is 51.0 Å². The van der Waals surface area contributed by atoms with E-state index in [4.69, 9.17) is 0 Å². The molecule has 32 heavy (non-hydrogen) atoms. The van der Waals surface area contributed by atoms with Gasteiger partial charge in [-0.05, 0) is 18.2 Å². The zero-order valence-corrected chi connectivity index (χ0v) is 20.2. The van der Waals surface area contributed by atoms with Crippen LogP contribution in [0.4, 0.5) is 14.5 Å². The van der Waals surface area contributed by atoms with Crippen LogP contribution < -0.4 is 20.3 Å². The maximum atomic E-state index is 12.6. The second-order valence-electron chi connectivity index (χ2n) is 6.97. The van der Waals surface area contributed by atoms with Gasteiger partial charge >= 0.3 is 6.61 Å². The average Bonchev–Trinajstić information content (AvgIpc) is 2.80. The van der Waals surface area contributed by atoms with E-state index in [1.165, 1.54) is 6.07 Å². The number of anilines is 1. The number of carbonyl (C=O) groups excluding carboxylic acids is 1. The molecule has 174 valence electrons. The van der Waals surface area contributed by atoms with Gasteiger partial charge in [-0.1, -0.05) is 36.4 Å². The molecule has 1 heterocycles. The summed E-state index contributed by atoms with van der Waals surface area (Å²) in [7, 11) is 1.58. The molecule has 1 aliphatic rings. The first kappa shape index (κ1) is 25.6. The van der Waals surface area contributed by atoms with Gasteiger partial charge in [-0.25, -0.2) is 0 Å². The van der Waals surface area contributed by atoms with Crippen molar-refractivity contribution in [3.8, 4) is 5.75 Å². The third-order valence-corrected chi connectivity index (χ3v) is 5.02. The van der Waals surface area contributed by atoms with E-state index in [1.54, 1.807) is 25.2 Å². The van der Waals surface area contributed by atoms with E-state index in [-0.39, 0.29) is 48.7 Å². The minimum Gasteiger partial charge on any atom is -0.434 e. The van der Waals surface area contributed by atoms with Gasteiger partial charge in [-0.15, -0.1) is 24.0 Å². The van der Waals surface area contributed by atoms with Gasteiger partial charge in [0.15, 0.2) is 5.96 Å². The number of para-hydroxylation sites is 2. The quantitative estimate of drug-likeness (QED) is 0.311. The van der Waals surface area contributed by atoms with E-state index in [2.05, 4.69) is 37.4 Å². The van der Waals surface area contributed by atoms with Crippen molar-refractivity contribution in [3.05, 3.63) is 60.2 Å². The number of amides is 1. The summed E-state index contributed by atoms with van der Waals surface area (Å²) < 4.78 is 29.6. The Hall–Kier alpha value is -2.63. The molecular formula is C22H28F2IN5O2. The van der Waals surface area contributed by atoms with Crippen LogP contribution in [0.1, 0.15) is 5.56 Å². The second kappa shape index (κ2) is 13.0. The number of guanidine groups is 1. The van der Waals surface area contributed by atoms with Crippen LogP contribution in [0, 0.1) is 0 Å². The summed E-state index contributed by atoms with van der Waals surface area (Å²) in [6.45, 7) is 0.304. The number of benzene rings is 2. The van der Waals surface area contributed by atoms with Gasteiger partial charge < -0.3 is 25.2 Å². The van der Waals surface area contributed by atoms with Gasteiger partial charge in [0.05, 0.1) is 6.54 Å². The number of carbonyl (C=O) groups is 1. The number of nitrogens with zero attached hydrogens (tertiary/aromatic N) is 3. The molecule has 0 unspecified atom stereocenters. The van der Waals surface area contributed by atoms with Gasteiger partial charge in [0.2, 0.25) is 5.91 Å². The number of piperazine rings is 1. The number of hydrogen-bond donors (Lipinski definition) is 2. The van der Waals surface area contributed by atoms with E-state index >= 15 is 0 Å². The zero-order valence-electron chi connectivity index (χ0n) is 17.8. The first-order valence-electron chi connectivity index (χ1n) is 10.1. The molecule has 0 bridgehead atoms. The largest absolute Gasteiger partial charge is 0.434 e. The SMILES string of the molecule is CN=C(NCC(=O)N1CCN(c2ccccc2)CC1)NCc1ccccc1OC(F)F.I. The standard InChI is InChI=1S/C22H27F2N5O2.HI/c1-25-22(26-15-17-7-5-6-10-19(17)31-21(23)24)27-16-20(30)29-13-11-28(12-14-29)18-8-3-2-4-9-18;/h2-10,21H,11-16H2,1H3,(H2,25,26,27);1H. The lowest BCUT2D eigenvalue weighted by Crippen LogP contribution is -2.52. The smallest absolute Gasteiger partial charge is 0.387 e. The molecular weight excluding hydrogens is 531 g/mol. The Morgan fingerprint density at radius 2 is 1.69 bits per heavy atom. The molecule has 2 aromatic rings. The minimum atomic E-state index is -2.89. The Morgan fingerprint density at radius 3 is 2.34 bits per heavy atom. The first-order chi connectivity index (χ1) is 15.1. The molecule has 0 aromatic heterocycles. The summed E-state index contributed by atoms with van der Waals surface area (Å²) in [6, 6.07) is 16.7. The maximum absolute atomic E-state index is 12.6. The summed E-state index contributed by atoms with van der Waals surface area (Å²) in [4.78, 5) is 20.7. The van der Waals surface area contributed by atoms with Crippen LogP contribution in [0.5, 0.6) is 5.75 Å². The van der Waals surface area contributed by atoms with Gasteiger partial charge in [-0.3, -0.25) is 9.79 Å². The van der Waals surface area contributed by atoms with Crippen LogP contribution in [0.2, 0.25) is 0 Å². The number of ether oxygens (including phenoxy) is 1. The van der Waals surface area contributed by atoms with Crippen LogP contribution in [0.25, 0.3) is 0 Å². The molecule has 0 atom stereocenters. The van der Waals surface area contributed by atoms with Crippen molar-refractivity contribution in [2.75, 3.05) is 44.7 Å². The molecule has 1 fully saturated rings. The van der Waals surface area contributed by atoms with Gasteiger partial charge in [0.1, 0.15) is 5.75 Å². The molecule has 0 saturated carbocycles. The second-order valence-corrected chi connectivity index (χ2v) is 6.97. The Morgan fingerprint density at radius 1 is 1.03 bits per heavy atom. The highest BCUT2D eigenvalue weighted by Crippen LogP contribution is 2.20. The third kappa shape index (κ3) is 7.50. The van der Waals surface area contributed by atoms with Crippen LogP contribution in [0.3, 0.4) is 0 Å². The number of aliphatic imine (C=N–C) groups is 1. The van der Waals surface area contributed by atoms with Crippen LogP contribution in [-0.4, -0.2) is 63.1 Å². The maximum Gasteiger partial charge on any atom is 0.387 e. The van der Waals surface area contributed by atoms with Crippen molar-refractivity contribution >= 4 is 41.5 Å². The van der Waals surface area contributed by atoms with Crippen LogP contribution in [-0.2, 0) is 11.3 Å². The zero-order chi connectivity index (χ0) is 22.1. The fourth-order valence-corrected chi connectivity index (χ4v) is 3.38. The fourth-order valence-electron chi connectivity index (χ4n) is 3.38. The molecule has 0 spiro atoms. The Labute approximate surface area is 203 Å². The summed E-state index contributed by atoms with van der Waals surface area (Å²) in [5, 5.41) is 6.01. The molecule has 2 aromatic carbocycles. The Kier molecular flexibility index (Phi) is 10.4. The number of hydrogen-bond acceptors (Lipinski definition) is 4. The monoisotopic (exact) mass is 559 g/mol. The highest BCUT2D eigenvalue weighted by atomic mass is 127. The van der Waals surface area contributed by atoms with E-state index < -0.39 is 6.61 Å². The summed E-state index contributed by atoms with van der Waals surface area (Å²) >= 11 is 0.